The van der Waals surface area contributed by atoms with Crippen LogP contribution in [0.15, 0.2) is 22.8 Å². The fourth-order valence-corrected chi connectivity index (χ4v) is 4.21. The number of fused-ring (bicyclic) bond motifs is 1. The molecule has 24 heavy (non-hydrogen) atoms. The first-order valence-electron chi connectivity index (χ1n) is 8.02. The van der Waals surface area contributed by atoms with Crippen molar-refractivity contribution in [2.24, 2.45) is 0 Å². The molecule has 3 rings (SSSR count). The van der Waals surface area contributed by atoms with Crippen LogP contribution in [-0.4, -0.2) is 46.0 Å². The predicted molar refractivity (Wildman–Crippen MR) is 94.5 cm³/mol. The van der Waals surface area contributed by atoms with Crippen LogP contribution in [0.4, 0.5) is 0 Å². The summed E-state index contributed by atoms with van der Waals surface area (Å²) in [5.74, 6) is 0.650. The van der Waals surface area contributed by atoms with E-state index in [9.17, 15) is 9.59 Å². The molecule has 1 aromatic carbocycles. The Morgan fingerprint density at radius 2 is 2.17 bits per heavy atom. The number of amides is 1. The number of benzene rings is 1. The molecule has 128 valence electrons. The number of hydrogen-bond donors (Lipinski definition) is 1. The first-order chi connectivity index (χ1) is 11.5. The largest absolute Gasteiger partial charge is 0.481 e. The van der Waals surface area contributed by atoms with Crippen LogP contribution in [0.1, 0.15) is 23.1 Å². The molecule has 1 unspecified atom stereocenters. The molecule has 0 spiro atoms. The van der Waals surface area contributed by atoms with E-state index in [0.717, 1.165) is 33.4 Å². The van der Waals surface area contributed by atoms with Crippen molar-refractivity contribution in [3.05, 3.63) is 35.1 Å². The van der Waals surface area contributed by atoms with Gasteiger partial charge in [-0.2, -0.15) is 11.8 Å². The highest BCUT2D eigenvalue weighted by Crippen LogP contribution is 2.28. The van der Waals surface area contributed by atoms with Gasteiger partial charge in [-0.15, -0.1) is 0 Å². The average Bonchev–Trinajstić information content (AvgIpc) is 2.94. The Balaban J connectivity index is 1.81. The lowest BCUT2D eigenvalue weighted by atomic mass is 10.0. The van der Waals surface area contributed by atoms with Gasteiger partial charge >= 0.3 is 5.97 Å². The number of carbonyl (C=O) groups is 2. The molecule has 2 heterocycles. The van der Waals surface area contributed by atoms with Crippen molar-refractivity contribution < 1.29 is 19.1 Å². The molecule has 1 aliphatic rings. The molecule has 1 N–H and O–H groups in total. The Labute approximate surface area is 145 Å². The van der Waals surface area contributed by atoms with Gasteiger partial charge in [-0.25, -0.2) is 0 Å². The normalized spacial score (nSPS) is 18.1. The number of aryl methyl sites for hydroxylation is 2. The maximum Gasteiger partial charge on any atom is 0.305 e. The highest BCUT2D eigenvalue weighted by molar-refractivity contribution is 7.99. The van der Waals surface area contributed by atoms with Crippen LogP contribution in [0.3, 0.4) is 0 Å². The third kappa shape index (κ3) is 3.29. The first-order valence-corrected chi connectivity index (χ1v) is 9.18. The van der Waals surface area contributed by atoms with Crippen LogP contribution in [-0.2, 0) is 16.0 Å². The van der Waals surface area contributed by atoms with E-state index in [1.807, 2.05) is 26.0 Å². The second-order valence-corrected chi connectivity index (χ2v) is 7.39. The van der Waals surface area contributed by atoms with Gasteiger partial charge in [0, 0.05) is 29.0 Å². The van der Waals surface area contributed by atoms with Crippen molar-refractivity contribution in [3.8, 4) is 0 Å². The van der Waals surface area contributed by atoms with Crippen LogP contribution in [0, 0.1) is 13.8 Å². The fourth-order valence-electron chi connectivity index (χ4n) is 3.14. The SMILES string of the molecule is Cc1ccc2c(CC(=O)N3CCSCC3CC(=O)O)coc2c1C. The lowest BCUT2D eigenvalue weighted by Gasteiger charge is -2.34. The number of nitrogens with zero attached hydrogens (tertiary/aromatic N) is 1. The number of carboxylic acid groups (broad SMARTS) is 1. The Morgan fingerprint density at radius 3 is 2.92 bits per heavy atom. The van der Waals surface area contributed by atoms with E-state index in [-0.39, 0.29) is 24.8 Å². The Kier molecular flexibility index (Phi) is 4.85. The van der Waals surface area contributed by atoms with Crippen molar-refractivity contribution in [2.45, 2.75) is 32.7 Å². The molecule has 1 aromatic heterocycles. The second kappa shape index (κ2) is 6.89. The zero-order valence-corrected chi connectivity index (χ0v) is 14.7. The minimum absolute atomic E-state index is 0.00315. The van der Waals surface area contributed by atoms with Crippen LogP contribution < -0.4 is 0 Å². The molecule has 0 aliphatic carbocycles. The molecule has 5 nitrogen and oxygen atoms in total. The molecular formula is C18H21NO4S. The fraction of sp³-hybridized carbons (Fsp3) is 0.444. The van der Waals surface area contributed by atoms with Crippen LogP contribution in [0.25, 0.3) is 11.0 Å². The van der Waals surface area contributed by atoms with Crippen LogP contribution >= 0.6 is 11.8 Å². The third-order valence-corrected chi connectivity index (χ3v) is 5.73. The maximum atomic E-state index is 12.7. The molecular weight excluding hydrogens is 326 g/mol. The van der Waals surface area contributed by atoms with Gasteiger partial charge < -0.3 is 14.4 Å². The number of rotatable bonds is 4. The van der Waals surface area contributed by atoms with Gasteiger partial charge in [0.25, 0.3) is 0 Å². The van der Waals surface area contributed by atoms with E-state index in [2.05, 4.69) is 0 Å². The molecule has 2 aromatic rings. The topological polar surface area (TPSA) is 70.8 Å². The monoisotopic (exact) mass is 347 g/mol. The Hall–Kier alpha value is -1.95. The van der Waals surface area contributed by atoms with Crippen molar-refractivity contribution in [1.29, 1.82) is 0 Å². The molecule has 1 amide bonds. The number of hydrogen-bond acceptors (Lipinski definition) is 4. The van der Waals surface area contributed by atoms with Crippen molar-refractivity contribution >= 4 is 34.6 Å². The quantitative estimate of drug-likeness (QED) is 0.920. The van der Waals surface area contributed by atoms with Gasteiger partial charge in [-0.3, -0.25) is 9.59 Å². The summed E-state index contributed by atoms with van der Waals surface area (Å²) in [6.07, 6.45) is 1.90. The molecule has 1 fully saturated rings. The molecule has 0 bridgehead atoms. The Bertz CT molecular complexity index is 783. The molecule has 1 aliphatic heterocycles. The van der Waals surface area contributed by atoms with E-state index in [1.165, 1.54) is 0 Å². The summed E-state index contributed by atoms with van der Waals surface area (Å²) in [4.78, 5) is 25.5. The smallest absolute Gasteiger partial charge is 0.305 e. The van der Waals surface area contributed by atoms with Gasteiger partial charge in [0.1, 0.15) is 5.58 Å². The summed E-state index contributed by atoms with van der Waals surface area (Å²) in [7, 11) is 0. The summed E-state index contributed by atoms with van der Waals surface area (Å²) in [5, 5.41) is 10.0. The highest BCUT2D eigenvalue weighted by Gasteiger charge is 2.29. The highest BCUT2D eigenvalue weighted by atomic mass is 32.2. The first kappa shape index (κ1) is 16.9. The van der Waals surface area contributed by atoms with E-state index >= 15 is 0 Å². The van der Waals surface area contributed by atoms with Crippen molar-refractivity contribution in [2.75, 3.05) is 18.1 Å². The van der Waals surface area contributed by atoms with Gasteiger partial charge in [0.05, 0.1) is 25.1 Å². The summed E-state index contributed by atoms with van der Waals surface area (Å²) in [6, 6.07) is 3.80. The van der Waals surface area contributed by atoms with E-state index in [1.54, 1.807) is 22.9 Å². The lowest BCUT2D eigenvalue weighted by Crippen LogP contribution is -2.47. The zero-order chi connectivity index (χ0) is 17.3. The van der Waals surface area contributed by atoms with Crippen LogP contribution in [0.2, 0.25) is 0 Å². The van der Waals surface area contributed by atoms with Gasteiger partial charge in [-0.1, -0.05) is 12.1 Å². The van der Waals surface area contributed by atoms with Crippen LogP contribution in [0.5, 0.6) is 0 Å². The minimum atomic E-state index is -0.861. The molecule has 0 saturated carbocycles. The summed E-state index contributed by atoms with van der Waals surface area (Å²) in [5.41, 5.74) is 3.94. The van der Waals surface area contributed by atoms with Crippen molar-refractivity contribution in [3.63, 3.8) is 0 Å². The second-order valence-electron chi connectivity index (χ2n) is 6.24. The standard InChI is InChI=1S/C18H21NO4S/c1-11-3-4-15-13(9-23-18(15)12(11)2)7-16(20)19-5-6-24-10-14(19)8-17(21)22/h3-4,9,14H,5-8,10H2,1-2H3,(H,21,22). The summed E-state index contributed by atoms with van der Waals surface area (Å²) < 4.78 is 5.67. The number of carbonyl (C=O) groups excluding carboxylic acids is 1. The number of aliphatic carboxylic acids is 1. The van der Waals surface area contributed by atoms with Gasteiger partial charge in [0.15, 0.2) is 0 Å². The van der Waals surface area contributed by atoms with Gasteiger partial charge in [0.2, 0.25) is 5.91 Å². The molecule has 1 saturated heterocycles. The molecule has 6 heteroatoms. The summed E-state index contributed by atoms with van der Waals surface area (Å²) in [6.45, 7) is 4.65. The number of furan rings is 1. The Morgan fingerprint density at radius 1 is 1.38 bits per heavy atom. The number of carboxylic acids is 1. The number of thioether (sulfide) groups is 1. The minimum Gasteiger partial charge on any atom is -0.481 e. The van der Waals surface area contributed by atoms with E-state index in [0.29, 0.717) is 12.3 Å². The third-order valence-electron chi connectivity index (χ3n) is 4.64. The maximum absolute atomic E-state index is 12.7. The summed E-state index contributed by atoms with van der Waals surface area (Å²) >= 11 is 1.70. The zero-order valence-electron chi connectivity index (χ0n) is 13.9. The molecule has 0 radical (unpaired) electrons. The van der Waals surface area contributed by atoms with E-state index < -0.39 is 5.97 Å². The predicted octanol–water partition coefficient (Wildman–Crippen LogP) is 3.01. The molecule has 1 atom stereocenters. The van der Waals surface area contributed by atoms with E-state index in [4.69, 9.17) is 9.52 Å². The lowest BCUT2D eigenvalue weighted by molar-refractivity contribution is -0.140. The van der Waals surface area contributed by atoms with Crippen molar-refractivity contribution in [1.82, 2.24) is 4.90 Å². The average molecular weight is 347 g/mol. The van der Waals surface area contributed by atoms with Gasteiger partial charge in [-0.05, 0) is 25.0 Å².